The molecule has 0 aliphatic carbocycles. The fourth-order valence-electron chi connectivity index (χ4n) is 4.25. The molecule has 2 heterocycles. The third-order valence-electron chi connectivity index (χ3n) is 5.92. The minimum Gasteiger partial charge on any atom is -0.493 e. The van der Waals surface area contributed by atoms with Crippen LogP contribution in [0.2, 0.25) is 0 Å². The molecule has 1 aliphatic rings. The first-order valence-electron chi connectivity index (χ1n) is 11.7. The average Bonchev–Trinajstić information content (AvgIpc) is 3.21. The highest BCUT2D eigenvalue weighted by Crippen LogP contribution is 2.41. The van der Waals surface area contributed by atoms with E-state index in [2.05, 4.69) is 59.4 Å². The average molecular weight is 803 g/mol. The van der Waals surface area contributed by atoms with Crippen LogP contribution in [-0.4, -0.2) is 38.0 Å². The molecule has 0 unspecified atom stereocenters. The van der Waals surface area contributed by atoms with Gasteiger partial charge in [0.25, 0.3) is 5.56 Å². The summed E-state index contributed by atoms with van der Waals surface area (Å²) in [5.41, 5.74) is 1.53. The van der Waals surface area contributed by atoms with Crippen LogP contribution >= 0.6 is 65.8 Å². The van der Waals surface area contributed by atoms with Crippen LogP contribution in [0.15, 0.2) is 54.3 Å². The number of carbonyl (C=O) groups is 1. The topological polar surface area (TPSA) is 112 Å². The maximum atomic E-state index is 14.0. The molecule has 40 heavy (non-hydrogen) atoms. The molecule has 2 aromatic carbocycles. The highest BCUT2D eigenvalue weighted by Gasteiger charge is 2.35. The molecule has 9 nitrogen and oxygen atoms in total. The Labute approximate surface area is 264 Å². The van der Waals surface area contributed by atoms with Crippen molar-refractivity contribution in [1.29, 1.82) is 5.26 Å². The van der Waals surface area contributed by atoms with Crippen molar-refractivity contribution in [3.63, 3.8) is 0 Å². The van der Waals surface area contributed by atoms with Crippen LogP contribution in [0.1, 0.15) is 31.0 Å². The fourth-order valence-corrected chi connectivity index (χ4v) is 7.53. The van der Waals surface area contributed by atoms with E-state index in [1.165, 1.54) is 30.1 Å². The molecule has 0 bridgehead atoms. The van der Waals surface area contributed by atoms with Crippen LogP contribution < -0.4 is 29.1 Å². The zero-order chi connectivity index (χ0) is 29.1. The number of esters is 1. The second kappa shape index (κ2) is 12.9. The first-order chi connectivity index (χ1) is 19.1. The molecule has 4 rings (SSSR count). The number of rotatable bonds is 8. The summed E-state index contributed by atoms with van der Waals surface area (Å²) >= 11 is 10.4. The molecule has 0 fully saturated rings. The highest BCUT2D eigenvalue weighted by atomic mass is 127. The molecule has 0 saturated carbocycles. The second-order valence-electron chi connectivity index (χ2n) is 8.28. The van der Waals surface area contributed by atoms with Crippen molar-refractivity contribution in [3.8, 4) is 23.3 Å². The SMILES string of the molecule is CCOC(=O)C1=C(C)N=c2s/c(=C\c3cc(Br)cc(I)c3OCC#N)c(=O)n2[C@@H]1c1cc(OC)c(OC)cc1Br. The number of benzene rings is 2. The number of hydrogen-bond donors (Lipinski definition) is 0. The lowest BCUT2D eigenvalue weighted by atomic mass is 9.95. The molecular weight excluding hydrogens is 781 g/mol. The molecule has 1 aliphatic heterocycles. The molecular formula is C27H22Br2IN3O6S. The summed E-state index contributed by atoms with van der Waals surface area (Å²) in [6.45, 7) is 3.45. The van der Waals surface area contributed by atoms with Crippen molar-refractivity contribution >= 4 is 77.8 Å². The molecule has 0 N–H and O–H groups in total. The summed E-state index contributed by atoms with van der Waals surface area (Å²) in [5, 5.41) is 9.05. The quantitative estimate of drug-likeness (QED) is 0.237. The Kier molecular flexibility index (Phi) is 9.76. The van der Waals surface area contributed by atoms with E-state index < -0.39 is 12.0 Å². The van der Waals surface area contributed by atoms with Gasteiger partial charge in [0.05, 0.1) is 46.2 Å². The smallest absolute Gasteiger partial charge is 0.338 e. The number of methoxy groups -OCH3 is 2. The van der Waals surface area contributed by atoms with Crippen LogP contribution in [0.25, 0.3) is 6.08 Å². The Bertz CT molecular complexity index is 1760. The number of ether oxygens (including phenoxy) is 4. The van der Waals surface area contributed by atoms with E-state index in [-0.39, 0.29) is 24.3 Å². The van der Waals surface area contributed by atoms with E-state index in [4.69, 9.17) is 24.2 Å². The molecule has 0 spiro atoms. The monoisotopic (exact) mass is 801 g/mol. The number of nitriles is 1. The van der Waals surface area contributed by atoms with Gasteiger partial charge >= 0.3 is 5.97 Å². The highest BCUT2D eigenvalue weighted by molar-refractivity contribution is 14.1. The minimum absolute atomic E-state index is 0.144. The van der Waals surface area contributed by atoms with Gasteiger partial charge in [0.2, 0.25) is 0 Å². The predicted molar refractivity (Wildman–Crippen MR) is 166 cm³/mol. The Morgan fingerprint density at radius 2 is 1.93 bits per heavy atom. The number of allylic oxidation sites excluding steroid dienone is 1. The molecule has 0 amide bonds. The lowest BCUT2D eigenvalue weighted by molar-refractivity contribution is -0.139. The predicted octanol–water partition coefficient (Wildman–Crippen LogP) is 4.85. The maximum absolute atomic E-state index is 14.0. The number of aromatic nitrogens is 1. The maximum Gasteiger partial charge on any atom is 0.338 e. The Hall–Kier alpha value is -2.67. The van der Waals surface area contributed by atoms with E-state index in [1.54, 1.807) is 32.1 Å². The van der Waals surface area contributed by atoms with Gasteiger partial charge in [-0.05, 0) is 72.3 Å². The van der Waals surface area contributed by atoms with E-state index in [1.807, 2.05) is 18.2 Å². The van der Waals surface area contributed by atoms with Crippen LogP contribution in [0.3, 0.4) is 0 Å². The molecule has 13 heteroatoms. The van der Waals surface area contributed by atoms with Crippen molar-refractivity contribution in [1.82, 2.24) is 4.57 Å². The lowest BCUT2D eigenvalue weighted by Crippen LogP contribution is -2.40. The number of thiazole rings is 1. The van der Waals surface area contributed by atoms with Crippen molar-refractivity contribution < 1.29 is 23.7 Å². The standard InChI is InChI=1S/C27H22Br2IN3O6S/c1-5-38-26(35)22-13(2)32-27-33(23(22)16-11-19(36-3)20(37-4)12-17(16)29)25(34)21(40-27)9-14-8-15(28)10-18(30)24(14)39-7-6-31/h8-12,23H,5,7H2,1-4H3/b21-9-/t23-/m1/s1. The molecule has 1 atom stereocenters. The Morgan fingerprint density at radius 3 is 2.58 bits per heavy atom. The number of halogens is 3. The van der Waals surface area contributed by atoms with E-state index >= 15 is 0 Å². The summed E-state index contributed by atoms with van der Waals surface area (Å²) in [5.74, 6) is 0.832. The zero-order valence-electron chi connectivity index (χ0n) is 21.7. The second-order valence-corrected chi connectivity index (χ2v) is 12.2. The van der Waals surface area contributed by atoms with Gasteiger partial charge in [0.1, 0.15) is 11.8 Å². The van der Waals surface area contributed by atoms with Gasteiger partial charge in [-0.3, -0.25) is 9.36 Å². The third-order valence-corrected chi connectivity index (χ3v) is 8.85. The summed E-state index contributed by atoms with van der Waals surface area (Å²) in [6, 6.07) is 8.24. The van der Waals surface area contributed by atoms with E-state index in [0.717, 1.165) is 8.04 Å². The van der Waals surface area contributed by atoms with E-state index in [0.29, 0.717) is 47.9 Å². The van der Waals surface area contributed by atoms with Crippen LogP contribution in [0.4, 0.5) is 0 Å². The number of fused-ring (bicyclic) bond motifs is 1. The summed E-state index contributed by atoms with van der Waals surface area (Å²) in [7, 11) is 3.04. The molecule has 0 saturated heterocycles. The molecule has 1 aromatic heterocycles. The summed E-state index contributed by atoms with van der Waals surface area (Å²) in [6.07, 6.45) is 1.70. The molecule has 3 aromatic rings. The van der Waals surface area contributed by atoms with Crippen molar-refractivity contribution in [2.24, 2.45) is 4.99 Å². The zero-order valence-corrected chi connectivity index (χ0v) is 27.9. The van der Waals surface area contributed by atoms with Crippen LogP contribution in [0, 0.1) is 14.9 Å². The largest absolute Gasteiger partial charge is 0.493 e. The number of carbonyl (C=O) groups excluding carboxylic acids is 1. The number of hydrogen-bond acceptors (Lipinski definition) is 9. The minimum atomic E-state index is -0.858. The fraction of sp³-hybridized carbons (Fsp3) is 0.259. The van der Waals surface area contributed by atoms with Gasteiger partial charge in [-0.15, -0.1) is 0 Å². The van der Waals surface area contributed by atoms with Gasteiger partial charge < -0.3 is 18.9 Å². The Balaban J connectivity index is 2.02. The van der Waals surface area contributed by atoms with Gasteiger partial charge in [-0.1, -0.05) is 43.2 Å². The van der Waals surface area contributed by atoms with Gasteiger partial charge in [-0.25, -0.2) is 9.79 Å². The molecule has 0 radical (unpaired) electrons. The first kappa shape index (κ1) is 30.3. The summed E-state index contributed by atoms with van der Waals surface area (Å²) in [4.78, 5) is 32.3. The number of nitrogens with zero attached hydrogens (tertiary/aromatic N) is 3. The van der Waals surface area contributed by atoms with Crippen LogP contribution in [-0.2, 0) is 9.53 Å². The van der Waals surface area contributed by atoms with Crippen molar-refractivity contribution in [2.75, 3.05) is 27.4 Å². The van der Waals surface area contributed by atoms with Crippen LogP contribution in [0.5, 0.6) is 17.2 Å². The van der Waals surface area contributed by atoms with Gasteiger partial charge in [-0.2, -0.15) is 5.26 Å². The lowest BCUT2D eigenvalue weighted by Gasteiger charge is -2.26. The van der Waals surface area contributed by atoms with Crippen molar-refractivity contribution in [3.05, 3.63) is 78.9 Å². The summed E-state index contributed by atoms with van der Waals surface area (Å²) < 4.78 is 26.0. The third kappa shape index (κ3) is 5.86. The van der Waals surface area contributed by atoms with Crippen molar-refractivity contribution in [2.45, 2.75) is 19.9 Å². The molecule has 208 valence electrons. The first-order valence-corrected chi connectivity index (χ1v) is 15.2. The Morgan fingerprint density at radius 1 is 1.23 bits per heavy atom. The van der Waals surface area contributed by atoms with E-state index in [9.17, 15) is 9.59 Å². The van der Waals surface area contributed by atoms with Gasteiger partial charge in [0, 0.05) is 14.5 Å². The van der Waals surface area contributed by atoms with Gasteiger partial charge in [0.15, 0.2) is 22.9 Å². The normalized spacial score (nSPS) is 14.8.